The van der Waals surface area contributed by atoms with E-state index in [1.54, 1.807) is 0 Å². The molecule has 0 aliphatic carbocycles. The first kappa shape index (κ1) is 21.3. The molecule has 0 aliphatic heterocycles. The summed E-state index contributed by atoms with van der Waals surface area (Å²) in [5.74, 6) is -1.41. The van der Waals surface area contributed by atoms with Crippen LogP contribution in [0.1, 0.15) is 19.8 Å². The highest BCUT2D eigenvalue weighted by Gasteiger charge is 2.39. The normalized spacial score (nSPS) is 14.2. The number of nitrogens with zero attached hydrogens (tertiary/aromatic N) is 3. The zero-order valence-corrected chi connectivity index (χ0v) is 15.8. The molecule has 0 aromatic rings. The lowest BCUT2D eigenvalue weighted by Crippen LogP contribution is -2.46. The predicted molar refractivity (Wildman–Crippen MR) is 92.8 cm³/mol. The van der Waals surface area contributed by atoms with Crippen LogP contribution in [0.2, 0.25) is 0 Å². The van der Waals surface area contributed by atoms with E-state index in [4.69, 9.17) is 4.74 Å². The van der Waals surface area contributed by atoms with E-state index >= 15 is 0 Å². The fourth-order valence-electron chi connectivity index (χ4n) is 2.54. The van der Waals surface area contributed by atoms with Crippen molar-refractivity contribution in [2.24, 2.45) is 5.92 Å². The number of likely N-dealkylation sites (N-methyl/N-ethyl adjacent to an activating group) is 1. The van der Waals surface area contributed by atoms with E-state index in [-0.39, 0.29) is 11.8 Å². The quantitative estimate of drug-likeness (QED) is 0.272. The van der Waals surface area contributed by atoms with Gasteiger partial charge in [-0.05, 0) is 20.5 Å². The van der Waals surface area contributed by atoms with Crippen molar-refractivity contribution in [3.05, 3.63) is 11.8 Å². The smallest absolute Gasteiger partial charge is 0.318 e. The lowest BCUT2D eigenvalue weighted by molar-refractivity contribution is -0.459. The molecule has 6 nitrogen and oxygen atoms in total. The first-order chi connectivity index (χ1) is 10.6. The van der Waals surface area contributed by atoms with Crippen LogP contribution in [0, 0.1) is 5.92 Å². The third-order valence-electron chi connectivity index (χ3n) is 3.33. The highest BCUT2D eigenvalue weighted by Crippen LogP contribution is 2.21. The Bertz CT molecular complexity index is 464. The molecule has 0 fully saturated rings. The van der Waals surface area contributed by atoms with Crippen LogP contribution in [-0.4, -0.2) is 87.8 Å². The van der Waals surface area contributed by atoms with Crippen LogP contribution in [0.5, 0.6) is 0 Å². The molecular weight excluding hydrogens is 294 g/mol. The molecule has 0 saturated carbocycles. The van der Waals surface area contributed by atoms with Crippen LogP contribution in [-0.2, 0) is 14.3 Å². The Balaban J connectivity index is 6.06. The third kappa shape index (κ3) is 6.95. The Morgan fingerprint density at radius 1 is 1.17 bits per heavy atom. The van der Waals surface area contributed by atoms with Crippen molar-refractivity contribution in [3.63, 3.8) is 0 Å². The number of Topliss-reactive ketones (excluding diaryl/α,β-unsaturated/α-hetero) is 1. The highest BCUT2D eigenvalue weighted by atomic mass is 16.5. The molecule has 23 heavy (non-hydrogen) atoms. The van der Waals surface area contributed by atoms with Crippen molar-refractivity contribution < 1.29 is 18.9 Å². The number of methoxy groups -OCH3 is 1. The molecule has 2 atom stereocenters. The molecule has 0 heterocycles. The summed E-state index contributed by atoms with van der Waals surface area (Å²) in [7, 11) is 12.7. The van der Waals surface area contributed by atoms with Gasteiger partial charge in [-0.1, -0.05) is 6.92 Å². The summed E-state index contributed by atoms with van der Waals surface area (Å²) in [6.45, 7) is 1.93. The van der Waals surface area contributed by atoms with Crippen molar-refractivity contribution in [2.45, 2.75) is 25.8 Å². The summed E-state index contributed by atoms with van der Waals surface area (Å²) in [6.07, 6.45) is 4.93. The van der Waals surface area contributed by atoms with Gasteiger partial charge in [-0.3, -0.25) is 9.59 Å². The minimum absolute atomic E-state index is 0.0881. The number of hydrogen-bond donors (Lipinski definition) is 0. The molecule has 132 valence electrons. The maximum absolute atomic E-state index is 12.6. The molecule has 0 N–H and O–H groups in total. The molecule has 0 rings (SSSR count). The molecule has 0 saturated heterocycles. The monoisotopic (exact) mass is 326 g/mol. The number of rotatable bonds is 9. The van der Waals surface area contributed by atoms with Crippen LogP contribution < -0.4 is 0 Å². The Morgan fingerprint density at radius 2 is 1.74 bits per heavy atom. The van der Waals surface area contributed by atoms with E-state index in [0.29, 0.717) is 12.8 Å². The number of ether oxygens (including phenoxy) is 1. The third-order valence-corrected chi connectivity index (χ3v) is 3.33. The zero-order chi connectivity index (χ0) is 18.2. The number of carbonyl (C=O) groups is 2. The van der Waals surface area contributed by atoms with Gasteiger partial charge >= 0.3 is 5.97 Å². The topological polar surface area (TPSA) is 52.9 Å². The molecule has 6 heteroatoms. The van der Waals surface area contributed by atoms with Gasteiger partial charge in [-0.25, -0.2) is 4.58 Å². The molecule has 2 unspecified atom stereocenters. The average molecular weight is 326 g/mol. The summed E-state index contributed by atoms with van der Waals surface area (Å²) in [5.41, 5.74) is 0.879. The minimum Gasteiger partial charge on any atom is -0.468 e. The summed E-state index contributed by atoms with van der Waals surface area (Å²) < 4.78 is 6.82. The van der Waals surface area contributed by atoms with Crippen LogP contribution in [0.15, 0.2) is 11.8 Å². The molecular formula is C17H32N3O3+. The van der Waals surface area contributed by atoms with Gasteiger partial charge in [0.05, 0.1) is 13.2 Å². The van der Waals surface area contributed by atoms with Crippen molar-refractivity contribution >= 4 is 18.0 Å². The lowest BCUT2D eigenvalue weighted by atomic mass is 9.87. The predicted octanol–water partition coefficient (Wildman–Crippen LogP) is 0.863. The maximum Gasteiger partial charge on any atom is 0.318 e. The highest BCUT2D eigenvalue weighted by molar-refractivity contribution is 6.01. The SMILES string of the molecule is CCCC(=O)C(C(=O)OC)C(/C(C=[N+](C)C)=C/N(C)C)N(C)C. The van der Waals surface area contributed by atoms with Gasteiger partial charge < -0.3 is 14.5 Å². The van der Waals surface area contributed by atoms with Crippen molar-refractivity contribution in [3.8, 4) is 0 Å². The second kappa shape index (κ2) is 10.2. The van der Waals surface area contributed by atoms with E-state index in [1.807, 2.05) is 76.0 Å². The van der Waals surface area contributed by atoms with Crippen LogP contribution in [0.4, 0.5) is 0 Å². The Hall–Kier alpha value is -1.69. The van der Waals surface area contributed by atoms with Gasteiger partial charge in [-0.2, -0.15) is 0 Å². The number of carbonyl (C=O) groups excluding carboxylic acids is 2. The first-order valence-electron chi connectivity index (χ1n) is 7.82. The molecule has 0 amide bonds. The molecule has 0 bridgehead atoms. The number of ketones is 1. The van der Waals surface area contributed by atoms with Crippen molar-refractivity contribution in [2.75, 3.05) is 49.4 Å². The molecule has 0 aromatic heterocycles. The Kier molecular flexibility index (Phi) is 9.41. The fraction of sp³-hybridized carbons (Fsp3) is 0.706. The van der Waals surface area contributed by atoms with Crippen LogP contribution in [0.25, 0.3) is 0 Å². The maximum atomic E-state index is 12.6. The number of esters is 1. The molecule has 0 radical (unpaired) electrons. The Morgan fingerprint density at radius 3 is 2.09 bits per heavy atom. The summed E-state index contributed by atoms with van der Waals surface area (Å²) in [4.78, 5) is 28.7. The Labute approximate surface area is 140 Å². The zero-order valence-electron chi connectivity index (χ0n) is 15.8. The number of hydrogen-bond acceptors (Lipinski definition) is 5. The first-order valence-corrected chi connectivity index (χ1v) is 7.82. The second-order valence-electron chi connectivity index (χ2n) is 6.31. The van der Waals surface area contributed by atoms with E-state index in [0.717, 1.165) is 5.57 Å². The largest absolute Gasteiger partial charge is 0.468 e. The molecule has 0 aromatic carbocycles. The van der Waals surface area contributed by atoms with Crippen molar-refractivity contribution in [1.82, 2.24) is 9.80 Å². The van der Waals surface area contributed by atoms with E-state index < -0.39 is 11.9 Å². The van der Waals surface area contributed by atoms with E-state index in [1.165, 1.54) is 7.11 Å². The van der Waals surface area contributed by atoms with Gasteiger partial charge in [0.2, 0.25) is 0 Å². The molecule has 0 spiro atoms. The summed E-state index contributed by atoms with van der Waals surface area (Å²) in [5, 5.41) is 0. The summed E-state index contributed by atoms with van der Waals surface area (Å²) in [6, 6.07) is -0.383. The van der Waals surface area contributed by atoms with Gasteiger partial charge in [0.1, 0.15) is 25.8 Å². The van der Waals surface area contributed by atoms with Gasteiger partial charge in [0.15, 0.2) is 6.21 Å². The van der Waals surface area contributed by atoms with Gasteiger partial charge in [0, 0.05) is 32.3 Å². The average Bonchev–Trinajstić information content (AvgIpc) is 2.41. The van der Waals surface area contributed by atoms with E-state index in [2.05, 4.69) is 0 Å². The molecule has 0 aliphatic rings. The second-order valence-corrected chi connectivity index (χ2v) is 6.31. The summed E-state index contributed by atoms with van der Waals surface area (Å²) >= 11 is 0. The van der Waals surface area contributed by atoms with Crippen LogP contribution >= 0.6 is 0 Å². The van der Waals surface area contributed by atoms with Crippen molar-refractivity contribution in [1.29, 1.82) is 0 Å². The van der Waals surface area contributed by atoms with Gasteiger partial charge in [0.25, 0.3) is 0 Å². The van der Waals surface area contributed by atoms with Gasteiger partial charge in [-0.15, -0.1) is 0 Å². The fourth-order valence-corrected chi connectivity index (χ4v) is 2.54. The minimum atomic E-state index is -0.836. The van der Waals surface area contributed by atoms with Crippen LogP contribution in [0.3, 0.4) is 0 Å². The lowest BCUT2D eigenvalue weighted by Gasteiger charge is -2.30. The van der Waals surface area contributed by atoms with E-state index in [9.17, 15) is 9.59 Å². The standard InChI is InChI=1S/C17H32N3O3/c1-9-10-14(21)15(17(22)23-8)16(20(6)7)13(11-18(2)3)12-19(4)5/h11-12,15-16H,9-10H2,1-8H3/q+1.